The average Bonchev–Trinajstić information content (AvgIpc) is 2.86. The minimum Gasteiger partial charge on any atom is -0.493 e. The van der Waals surface area contributed by atoms with Gasteiger partial charge in [0.15, 0.2) is 46.7 Å². The predicted octanol–water partition coefficient (Wildman–Crippen LogP) is 4.28. The van der Waals surface area contributed by atoms with Crippen LogP contribution in [0.2, 0.25) is 0 Å². The van der Waals surface area contributed by atoms with Crippen molar-refractivity contribution in [3.05, 3.63) is 72.3 Å². The van der Waals surface area contributed by atoms with E-state index in [1.54, 1.807) is 64.8 Å². The standard InChI is InChI=1S/C25H28O7/c1-27-18-9-5-7-11-21(18)31-24(16-26)25(32-22-12-8-6-10-19(22)28-2)17-13-14-20(29-3)23(15-17)30-4/h5-15,24-26H,16H2,1-4H3. The molecule has 0 saturated carbocycles. The maximum Gasteiger partial charge on any atom is 0.163 e. The Morgan fingerprint density at radius 2 is 1.06 bits per heavy atom. The first-order valence-electron chi connectivity index (χ1n) is 10.1. The summed E-state index contributed by atoms with van der Waals surface area (Å²) in [6.45, 7) is -0.313. The van der Waals surface area contributed by atoms with Crippen LogP contribution in [0.4, 0.5) is 0 Å². The lowest BCUT2D eigenvalue weighted by atomic mass is 10.0. The first-order valence-corrected chi connectivity index (χ1v) is 10.1. The Morgan fingerprint density at radius 3 is 1.56 bits per heavy atom. The minimum atomic E-state index is -0.769. The molecular formula is C25H28O7. The maximum atomic E-state index is 10.3. The summed E-state index contributed by atoms with van der Waals surface area (Å²) < 4.78 is 34.2. The van der Waals surface area contributed by atoms with Gasteiger partial charge in [-0.2, -0.15) is 0 Å². The fourth-order valence-corrected chi connectivity index (χ4v) is 3.32. The lowest BCUT2D eigenvalue weighted by Gasteiger charge is -2.29. The highest BCUT2D eigenvalue weighted by atomic mass is 16.6. The van der Waals surface area contributed by atoms with Gasteiger partial charge in [0.05, 0.1) is 35.0 Å². The molecule has 170 valence electrons. The van der Waals surface area contributed by atoms with Crippen LogP contribution in [0, 0.1) is 0 Å². The highest BCUT2D eigenvalue weighted by Crippen LogP contribution is 2.38. The van der Waals surface area contributed by atoms with E-state index in [1.807, 2.05) is 30.3 Å². The van der Waals surface area contributed by atoms with Crippen LogP contribution in [0.1, 0.15) is 11.7 Å². The second kappa shape index (κ2) is 11.2. The summed E-state index contributed by atoms with van der Waals surface area (Å²) in [7, 11) is 6.27. The molecule has 7 nitrogen and oxygen atoms in total. The van der Waals surface area contributed by atoms with Crippen LogP contribution >= 0.6 is 0 Å². The molecule has 1 N–H and O–H groups in total. The van der Waals surface area contributed by atoms with E-state index in [0.717, 1.165) is 5.56 Å². The zero-order chi connectivity index (χ0) is 22.9. The number of aliphatic hydroxyl groups is 1. The molecule has 0 aliphatic carbocycles. The molecule has 0 spiro atoms. The van der Waals surface area contributed by atoms with Gasteiger partial charge in [-0.05, 0) is 36.4 Å². The van der Waals surface area contributed by atoms with E-state index in [1.165, 1.54) is 0 Å². The summed E-state index contributed by atoms with van der Waals surface area (Å²) >= 11 is 0. The van der Waals surface area contributed by atoms with Crippen molar-refractivity contribution in [3.8, 4) is 34.5 Å². The van der Waals surface area contributed by atoms with Crippen LogP contribution < -0.4 is 28.4 Å². The van der Waals surface area contributed by atoms with Gasteiger partial charge in [0.2, 0.25) is 0 Å². The number of rotatable bonds is 11. The SMILES string of the molecule is COc1ccc(C(Oc2ccccc2OC)C(CO)Oc2ccccc2OC)cc1OC. The molecule has 7 heteroatoms. The average molecular weight is 440 g/mol. The summed E-state index contributed by atoms with van der Waals surface area (Å²) in [5, 5.41) is 10.3. The summed E-state index contributed by atoms with van der Waals surface area (Å²) in [5.74, 6) is 3.23. The summed E-state index contributed by atoms with van der Waals surface area (Å²) in [4.78, 5) is 0. The van der Waals surface area contributed by atoms with E-state index < -0.39 is 12.2 Å². The van der Waals surface area contributed by atoms with Gasteiger partial charge in [0, 0.05) is 5.56 Å². The van der Waals surface area contributed by atoms with Gasteiger partial charge in [-0.3, -0.25) is 0 Å². The van der Waals surface area contributed by atoms with Crippen LogP contribution in [-0.4, -0.2) is 46.3 Å². The molecule has 0 bridgehead atoms. The normalized spacial score (nSPS) is 12.4. The molecule has 0 amide bonds. The monoisotopic (exact) mass is 440 g/mol. The third kappa shape index (κ3) is 5.18. The molecule has 2 unspecified atom stereocenters. The number of benzene rings is 3. The van der Waals surface area contributed by atoms with Crippen LogP contribution in [-0.2, 0) is 0 Å². The fourth-order valence-electron chi connectivity index (χ4n) is 3.32. The molecular weight excluding hydrogens is 412 g/mol. The summed E-state index contributed by atoms with van der Waals surface area (Å²) in [6, 6.07) is 20.0. The third-order valence-corrected chi connectivity index (χ3v) is 4.92. The Kier molecular flexibility index (Phi) is 8.05. The Labute approximate surface area is 188 Å². The third-order valence-electron chi connectivity index (χ3n) is 4.92. The van der Waals surface area contributed by atoms with Crippen molar-refractivity contribution in [2.75, 3.05) is 35.0 Å². The molecule has 0 aromatic heterocycles. The largest absolute Gasteiger partial charge is 0.493 e. The van der Waals surface area contributed by atoms with Crippen LogP contribution in [0.3, 0.4) is 0 Å². The van der Waals surface area contributed by atoms with Crippen molar-refractivity contribution < 1.29 is 33.5 Å². The highest BCUT2D eigenvalue weighted by molar-refractivity contribution is 5.45. The molecule has 3 aromatic rings. The van der Waals surface area contributed by atoms with Gasteiger partial charge < -0.3 is 33.5 Å². The Morgan fingerprint density at radius 1 is 0.594 bits per heavy atom. The van der Waals surface area contributed by atoms with E-state index in [9.17, 15) is 5.11 Å². The number of para-hydroxylation sites is 4. The van der Waals surface area contributed by atoms with E-state index in [0.29, 0.717) is 34.5 Å². The lowest BCUT2D eigenvalue weighted by molar-refractivity contribution is 0.0121. The fraction of sp³-hybridized carbons (Fsp3) is 0.280. The molecule has 0 aliphatic rings. The van der Waals surface area contributed by atoms with Gasteiger partial charge in [0.25, 0.3) is 0 Å². The zero-order valence-corrected chi connectivity index (χ0v) is 18.6. The van der Waals surface area contributed by atoms with Crippen molar-refractivity contribution >= 4 is 0 Å². The number of methoxy groups -OCH3 is 4. The smallest absolute Gasteiger partial charge is 0.163 e. The van der Waals surface area contributed by atoms with Gasteiger partial charge in [-0.15, -0.1) is 0 Å². The van der Waals surface area contributed by atoms with Crippen LogP contribution in [0.15, 0.2) is 66.7 Å². The van der Waals surface area contributed by atoms with E-state index in [4.69, 9.17) is 28.4 Å². The predicted molar refractivity (Wildman–Crippen MR) is 120 cm³/mol. The first-order chi connectivity index (χ1) is 15.6. The maximum absolute atomic E-state index is 10.3. The quantitative estimate of drug-likeness (QED) is 0.477. The molecule has 0 saturated heterocycles. The molecule has 32 heavy (non-hydrogen) atoms. The number of hydrogen-bond acceptors (Lipinski definition) is 7. The van der Waals surface area contributed by atoms with Crippen LogP contribution in [0.25, 0.3) is 0 Å². The van der Waals surface area contributed by atoms with Gasteiger partial charge >= 0.3 is 0 Å². The number of aliphatic hydroxyl groups excluding tert-OH is 1. The molecule has 0 fully saturated rings. The zero-order valence-electron chi connectivity index (χ0n) is 18.6. The van der Waals surface area contributed by atoms with Crippen LogP contribution in [0.5, 0.6) is 34.5 Å². The first kappa shape index (κ1) is 23.1. The van der Waals surface area contributed by atoms with Gasteiger partial charge in [-0.25, -0.2) is 0 Å². The lowest BCUT2D eigenvalue weighted by Crippen LogP contribution is -2.33. The van der Waals surface area contributed by atoms with Gasteiger partial charge in [0.1, 0.15) is 0 Å². The summed E-state index contributed by atoms with van der Waals surface area (Å²) in [6.07, 6.45) is -1.48. The van der Waals surface area contributed by atoms with E-state index in [-0.39, 0.29) is 6.61 Å². The van der Waals surface area contributed by atoms with E-state index in [2.05, 4.69) is 0 Å². The van der Waals surface area contributed by atoms with Crippen molar-refractivity contribution in [2.45, 2.75) is 12.2 Å². The number of hydrogen-bond donors (Lipinski definition) is 1. The van der Waals surface area contributed by atoms with E-state index >= 15 is 0 Å². The number of ether oxygens (including phenoxy) is 6. The molecule has 0 heterocycles. The summed E-state index contributed by atoms with van der Waals surface area (Å²) in [5.41, 5.74) is 0.725. The molecule has 0 aliphatic heterocycles. The molecule has 0 radical (unpaired) electrons. The topological polar surface area (TPSA) is 75.6 Å². The van der Waals surface area contributed by atoms with Crippen molar-refractivity contribution in [1.82, 2.24) is 0 Å². The molecule has 3 aromatic carbocycles. The Hall–Kier alpha value is -3.58. The second-order valence-electron chi connectivity index (χ2n) is 6.79. The second-order valence-corrected chi connectivity index (χ2v) is 6.79. The van der Waals surface area contributed by atoms with Crippen molar-refractivity contribution in [1.29, 1.82) is 0 Å². The highest BCUT2D eigenvalue weighted by Gasteiger charge is 2.29. The van der Waals surface area contributed by atoms with Crippen molar-refractivity contribution in [3.63, 3.8) is 0 Å². The molecule has 2 atom stereocenters. The molecule has 3 rings (SSSR count). The van der Waals surface area contributed by atoms with Crippen molar-refractivity contribution in [2.24, 2.45) is 0 Å². The van der Waals surface area contributed by atoms with Gasteiger partial charge in [-0.1, -0.05) is 30.3 Å². The minimum absolute atomic E-state index is 0.313. The Balaban J connectivity index is 2.04. The Bertz CT molecular complexity index is 1010.